The average Bonchev–Trinajstić information content (AvgIpc) is 3.08. The smallest absolute Gasteiger partial charge is 0.257 e. The topological polar surface area (TPSA) is 91.2 Å². The molecule has 1 amide bonds. The van der Waals surface area contributed by atoms with E-state index in [2.05, 4.69) is 20.3 Å². The maximum atomic E-state index is 12.7. The zero-order valence-electron chi connectivity index (χ0n) is 15.0. The zero-order valence-corrected chi connectivity index (χ0v) is 15.0. The number of pyridine rings is 1. The fourth-order valence-corrected chi connectivity index (χ4v) is 3.59. The number of anilines is 1. The van der Waals surface area contributed by atoms with Crippen molar-refractivity contribution < 1.29 is 9.90 Å². The number of aliphatic hydroxyl groups is 1. The van der Waals surface area contributed by atoms with Crippen LogP contribution in [0, 0.1) is 5.92 Å². The summed E-state index contributed by atoms with van der Waals surface area (Å²) in [5, 5.41) is 14.4. The molecular weight excluding hydrogens is 342 g/mol. The second-order valence-corrected chi connectivity index (χ2v) is 6.77. The number of rotatable bonds is 4. The summed E-state index contributed by atoms with van der Waals surface area (Å²) >= 11 is 0. The van der Waals surface area contributed by atoms with Gasteiger partial charge in [-0.1, -0.05) is 18.2 Å². The van der Waals surface area contributed by atoms with Gasteiger partial charge in [0.05, 0.1) is 17.2 Å². The van der Waals surface area contributed by atoms with Gasteiger partial charge in [0.2, 0.25) is 5.95 Å². The van der Waals surface area contributed by atoms with E-state index in [0.29, 0.717) is 31.0 Å². The van der Waals surface area contributed by atoms with Gasteiger partial charge in [0.25, 0.3) is 5.91 Å². The Morgan fingerprint density at radius 2 is 1.96 bits per heavy atom. The molecule has 7 nitrogen and oxygen atoms in total. The highest BCUT2D eigenvalue weighted by Crippen LogP contribution is 2.26. The molecule has 2 N–H and O–H groups in total. The first kappa shape index (κ1) is 17.4. The van der Waals surface area contributed by atoms with Crippen molar-refractivity contribution in [1.82, 2.24) is 19.9 Å². The van der Waals surface area contributed by atoms with Gasteiger partial charge in [0.15, 0.2) is 0 Å². The Hall–Kier alpha value is -3.06. The largest absolute Gasteiger partial charge is 0.391 e. The minimum atomic E-state index is -0.557. The van der Waals surface area contributed by atoms with E-state index >= 15 is 0 Å². The molecule has 3 heterocycles. The van der Waals surface area contributed by atoms with Gasteiger partial charge in [-0.2, -0.15) is 0 Å². The highest BCUT2D eigenvalue weighted by molar-refractivity contribution is 5.94. The van der Waals surface area contributed by atoms with Crippen molar-refractivity contribution in [1.29, 1.82) is 0 Å². The second kappa shape index (κ2) is 7.28. The molecule has 4 rings (SSSR count). The van der Waals surface area contributed by atoms with Gasteiger partial charge in [-0.25, -0.2) is 9.97 Å². The van der Waals surface area contributed by atoms with Crippen LogP contribution in [0.1, 0.15) is 15.9 Å². The Bertz CT molecular complexity index is 955. The fraction of sp³-hybridized carbons (Fsp3) is 0.300. The molecule has 1 aromatic carbocycles. The molecule has 1 aliphatic rings. The minimum Gasteiger partial charge on any atom is -0.391 e. The third-order valence-electron chi connectivity index (χ3n) is 5.04. The normalized spacial score (nSPS) is 19.4. The Kier molecular flexibility index (Phi) is 4.68. The molecule has 7 heteroatoms. The van der Waals surface area contributed by atoms with Crippen molar-refractivity contribution in [2.24, 2.45) is 5.92 Å². The highest BCUT2D eigenvalue weighted by Gasteiger charge is 2.34. The van der Waals surface area contributed by atoms with Crippen molar-refractivity contribution in [3.8, 4) is 0 Å². The van der Waals surface area contributed by atoms with Crippen LogP contribution in [-0.2, 0) is 6.42 Å². The lowest BCUT2D eigenvalue weighted by atomic mass is 9.94. The van der Waals surface area contributed by atoms with Gasteiger partial charge < -0.3 is 15.3 Å². The number of likely N-dealkylation sites (tertiary alicyclic amines) is 1. The van der Waals surface area contributed by atoms with Crippen molar-refractivity contribution in [2.45, 2.75) is 12.5 Å². The molecule has 0 bridgehead atoms. The number of hydrogen-bond acceptors (Lipinski definition) is 6. The summed E-state index contributed by atoms with van der Waals surface area (Å²) in [6.45, 7) is 0.824. The van der Waals surface area contributed by atoms with Crippen LogP contribution in [0.15, 0.2) is 48.9 Å². The van der Waals surface area contributed by atoms with Crippen LogP contribution < -0.4 is 5.32 Å². The highest BCUT2D eigenvalue weighted by atomic mass is 16.3. The van der Waals surface area contributed by atoms with Gasteiger partial charge >= 0.3 is 0 Å². The lowest BCUT2D eigenvalue weighted by Crippen LogP contribution is -2.29. The van der Waals surface area contributed by atoms with Crippen LogP contribution in [0.2, 0.25) is 0 Å². The molecule has 2 atom stereocenters. The SMILES string of the molecule is CNc1ncc(C(=O)N2CC(O)C(Cc3ccnc4ccccc34)C2)cn1. The number of amides is 1. The monoisotopic (exact) mass is 363 g/mol. The maximum absolute atomic E-state index is 12.7. The molecule has 2 unspecified atom stereocenters. The first-order valence-corrected chi connectivity index (χ1v) is 8.95. The molecular formula is C20H21N5O2. The van der Waals surface area contributed by atoms with E-state index in [1.54, 1.807) is 18.1 Å². The van der Waals surface area contributed by atoms with Crippen LogP contribution in [-0.4, -0.2) is 57.1 Å². The van der Waals surface area contributed by atoms with E-state index < -0.39 is 6.10 Å². The van der Waals surface area contributed by atoms with Crippen LogP contribution >= 0.6 is 0 Å². The molecule has 138 valence electrons. The molecule has 0 saturated carbocycles. The standard InChI is InChI=1S/C20H21N5O2/c1-21-20-23-9-15(10-24-20)19(27)25-11-14(18(26)12-25)8-13-6-7-22-17-5-3-2-4-16(13)17/h2-7,9-10,14,18,26H,8,11-12H2,1H3,(H,21,23,24). The van der Waals surface area contributed by atoms with Crippen molar-refractivity contribution in [2.75, 3.05) is 25.5 Å². The second-order valence-electron chi connectivity index (χ2n) is 6.77. The van der Waals surface area contributed by atoms with Crippen LogP contribution in [0.5, 0.6) is 0 Å². The first-order chi connectivity index (χ1) is 13.2. The maximum Gasteiger partial charge on any atom is 0.257 e. The first-order valence-electron chi connectivity index (χ1n) is 8.95. The van der Waals surface area contributed by atoms with E-state index in [-0.39, 0.29) is 11.8 Å². The Labute approximate surface area is 157 Å². The van der Waals surface area contributed by atoms with Crippen molar-refractivity contribution in [3.05, 3.63) is 60.0 Å². The van der Waals surface area contributed by atoms with Crippen molar-refractivity contribution >= 4 is 22.8 Å². The number of aromatic nitrogens is 3. The number of aliphatic hydroxyl groups excluding tert-OH is 1. The summed E-state index contributed by atoms with van der Waals surface area (Å²) < 4.78 is 0. The number of fused-ring (bicyclic) bond motifs is 1. The van der Waals surface area contributed by atoms with E-state index in [1.165, 1.54) is 12.4 Å². The Morgan fingerprint density at radius 1 is 1.19 bits per heavy atom. The van der Waals surface area contributed by atoms with Gasteiger partial charge in [0, 0.05) is 50.0 Å². The number of nitrogens with zero attached hydrogens (tertiary/aromatic N) is 4. The van der Waals surface area contributed by atoms with Crippen LogP contribution in [0.3, 0.4) is 0 Å². The number of nitrogens with one attached hydrogen (secondary N) is 1. The van der Waals surface area contributed by atoms with Gasteiger partial charge in [-0.3, -0.25) is 9.78 Å². The molecule has 0 aliphatic carbocycles. The number of hydrogen-bond donors (Lipinski definition) is 2. The number of β-amino-alcohol motifs (C(OH)–C–C–N with tert-alkyl or cyclic N) is 1. The predicted octanol–water partition coefficient (Wildman–Crippen LogP) is 1.74. The third-order valence-corrected chi connectivity index (χ3v) is 5.04. The number of carbonyl (C=O) groups is 1. The molecule has 1 fully saturated rings. The summed E-state index contributed by atoms with van der Waals surface area (Å²) in [5.41, 5.74) is 2.51. The minimum absolute atomic E-state index is 0.0164. The number of para-hydroxylation sites is 1. The summed E-state index contributed by atoms with van der Waals surface area (Å²) in [4.78, 5) is 27.0. The summed E-state index contributed by atoms with van der Waals surface area (Å²) in [6, 6.07) is 9.97. The van der Waals surface area contributed by atoms with Crippen LogP contribution in [0.4, 0.5) is 5.95 Å². The predicted molar refractivity (Wildman–Crippen MR) is 102 cm³/mol. The number of benzene rings is 1. The summed E-state index contributed by atoms with van der Waals surface area (Å²) in [5.74, 6) is 0.298. The molecule has 3 aromatic rings. The fourth-order valence-electron chi connectivity index (χ4n) is 3.59. The van der Waals surface area contributed by atoms with E-state index in [9.17, 15) is 9.90 Å². The average molecular weight is 363 g/mol. The van der Waals surface area contributed by atoms with E-state index in [0.717, 1.165) is 16.5 Å². The van der Waals surface area contributed by atoms with Crippen molar-refractivity contribution in [3.63, 3.8) is 0 Å². The van der Waals surface area contributed by atoms with Crippen LogP contribution in [0.25, 0.3) is 10.9 Å². The van der Waals surface area contributed by atoms with E-state index in [4.69, 9.17) is 0 Å². The number of carbonyl (C=O) groups excluding carboxylic acids is 1. The molecule has 27 heavy (non-hydrogen) atoms. The van der Waals surface area contributed by atoms with Gasteiger partial charge in [0.1, 0.15) is 0 Å². The van der Waals surface area contributed by atoms with E-state index in [1.807, 2.05) is 30.3 Å². The van der Waals surface area contributed by atoms with Gasteiger partial charge in [-0.15, -0.1) is 0 Å². The lowest BCUT2D eigenvalue weighted by molar-refractivity contribution is 0.0764. The quantitative estimate of drug-likeness (QED) is 0.734. The lowest BCUT2D eigenvalue weighted by Gasteiger charge is -2.16. The molecule has 1 aliphatic heterocycles. The Balaban J connectivity index is 1.50. The molecule has 0 radical (unpaired) electrons. The molecule has 0 spiro atoms. The Morgan fingerprint density at radius 3 is 2.74 bits per heavy atom. The summed E-state index contributed by atoms with van der Waals surface area (Å²) in [6.07, 6.45) is 4.96. The molecule has 1 saturated heterocycles. The van der Waals surface area contributed by atoms with Gasteiger partial charge in [-0.05, 0) is 24.1 Å². The zero-order chi connectivity index (χ0) is 18.8. The summed E-state index contributed by atoms with van der Waals surface area (Å²) in [7, 11) is 1.72. The third kappa shape index (κ3) is 3.46. The molecule has 2 aromatic heterocycles.